The zero-order valence-electron chi connectivity index (χ0n) is 17.3. The molecule has 1 saturated carbocycles. The third-order valence-electron chi connectivity index (χ3n) is 5.92. The molecule has 0 spiro atoms. The van der Waals surface area contributed by atoms with E-state index in [4.69, 9.17) is 4.74 Å². The number of benzene rings is 1. The molecule has 2 fully saturated rings. The Balaban J connectivity index is 1.66. The summed E-state index contributed by atoms with van der Waals surface area (Å²) in [5, 5.41) is 0. The molecule has 3 amide bonds. The summed E-state index contributed by atoms with van der Waals surface area (Å²) in [7, 11) is 0. The van der Waals surface area contributed by atoms with Crippen LogP contribution in [0.4, 0.5) is 5.69 Å². The number of carbonyl (C=O) groups is 4. The van der Waals surface area contributed by atoms with Gasteiger partial charge in [-0.05, 0) is 25.0 Å². The third kappa shape index (κ3) is 3.32. The van der Waals surface area contributed by atoms with E-state index in [0.717, 1.165) is 12.8 Å². The highest BCUT2D eigenvalue weighted by Crippen LogP contribution is 2.49. The molecule has 162 valence electrons. The maximum Gasteiger partial charge on any atom is 0.354 e. The molecule has 2 heterocycles. The minimum atomic E-state index is -1.55. The number of rotatable bonds is 8. The van der Waals surface area contributed by atoms with E-state index in [2.05, 4.69) is 13.2 Å². The van der Waals surface area contributed by atoms with Crippen molar-refractivity contribution in [1.29, 1.82) is 0 Å². The van der Waals surface area contributed by atoms with E-state index in [-0.39, 0.29) is 43.8 Å². The summed E-state index contributed by atoms with van der Waals surface area (Å²) in [6.07, 6.45) is 4.92. The maximum absolute atomic E-state index is 13.5. The molecule has 0 bridgehead atoms. The zero-order chi connectivity index (χ0) is 22.2. The topological polar surface area (TPSA) is 87.2 Å². The fourth-order valence-corrected chi connectivity index (χ4v) is 4.44. The van der Waals surface area contributed by atoms with E-state index < -0.39 is 24.1 Å². The van der Waals surface area contributed by atoms with E-state index >= 15 is 0 Å². The molecule has 31 heavy (non-hydrogen) atoms. The van der Waals surface area contributed by atoms with Gasteiger partial charge in [0.2, 0.25) is 11.6 Å². The van der Waals surface area contributed by atoms with Crippen LogP contribution in [0.2, 0.25) is 0 Å². The minimum absolute atomic E-state index is 0.118. The van der Waals surface area contributed by atoms with Gasteiger partial charge in [0.25, 0.3) is 11.8 Å². The van der Waals surface area contributed by atoms with Gasteiger partial charge in [-0.1, -0.05) is 24.3 Å². The summed E-state index contributed by atoms with van der Waals surface area (Å²) < 4.78 is 5.45. The Morgan fingerprint density at radius 2 is 1.84 bits per heavy atom. The number of para-hydroxylation sites is 1. The predicted molar refractivity (Wildman–Crippen MR) is 113 cm³/mol. The predicted octanol–water partition coefficient (Wildman–Crippen LogP) is 1.87. The fourth-order valence-electron chi connectivity index (χ4n) is 4.44. The van der Waals surface area contributed by atoms with Crippen molar-refractivity contribution in [3.63, 3.8) is 0 Å². The van der Waals surface area contributed by atoms with Gasteiger partial charge in [-0.25, -0.2) is 4.79 Å². The molecule has 2 aliphatic heterocycles. The van der Waals surface area contributed by atoms with E-state index in [9.17, 15) is 19.2 Å². The number of hydrogen-bond donors (Lipinski definition) is 0. The third-order valence-corrected chi connectivity index (χ3v) is 5.92. The van der Waals surface area contributed by atoms with E-state index in [0.29, 0.717) is 11.3 Å². The van der Waals surface area contributed by atoms with Crippen molar-refractivity contribution >= 4 is 29.4 Å². The molecule has 8 nitrogen and oxygen atoms in total. The lowest BCUT2D eigenvalue weighted by Crippen LogP contribution is -2.69. The second-order valence-corrected chi connectivity index (χ2v) is 7.92. The van der Waals surface area contributed by atoms with Crippen molar-refractivity contribution in [2.24, 2.45) is 0 Å². The monoisotopic (exact) mass is 423 g/mol. The number of ether oxygens (including phenoxy) is 1. The van der Waals surface area contributed by atoms with Crippen LogP contribution in [0.3, 0.4) is 0 Å². The number of hydrogen-bond acceptors (Lipinski definition) is 5. The average Bonchev–Trinajstić information content (AvgIpc) is 3.54. The lowest BCUT2D eigenvalue weighted by atomic mass is 9.96. The van der Waals surface area contributed by atoms with Crippen LogP contribution in [0.25, 0.3) is 0 Å². The first kappa shape index (κ1) is 20.8. The van der Waals surface area contributed by atoms with Crippen molar-refractivity contribution < 1.29 is 23.9 Å². The molecular weight excluding hydrogens is 398 g/mol. The first-order valence-corrected chi connectivity index (χ1v) is 10.4. The smallest absolute Gasteiger partial charge is 0.354 e. The van der Waals surface area contributed by atoms with Crippen LogP contribution in [0, 0.1) is 0 Å². The van der Waals surface area contributed by atoms with Crippen molar-refractivity contribution in [2.75, 3.05) is 24.6 Å². The summed E-state index contributed by atoms with van der Waals surface area (Å²) in [4.78, 5) is 56.6. The standard InChI is InChI=1S/C23H25N3O5/c1-3-13-24(14-4-2)20(28)15-31-22(30)23-12-11-19(27)26(23)18-8-6-5-7-17(18)21(29)25(23)16-9-10-16/h3-8,16H,1-2,9-15H2/t23-/m1/s1. The summed E-state index contributed by atoms with van der Waals surface area (Å²) in [5.74, 6) is -1.68. The van der Waals surface area contributed by atoms with Crippen LogP contribution >= 0.6 is 0 Å². The SMILES string of the molecule is C=CCN(CC=C)C(=O)COC(=O)[C@@]12CCC(=O)N1c1ccccc1C(=O)N2C1CC1. The number of fused-ring (bicyclic) bond motifs is 3. The minimum Gasteiger partial charge on any atom is -0.452 e. The van der Waals surface area contributed by atoms with Crippen LogP contribution in [-0.2, 0) is 19.1 Å². The van der Waals surface area contributed by atoms with Crippen LogP contribution < -0.4 is 4.90 Å². The fraction of sp³-hybridized carbons (Fsp3) is 0.391. The second kappa shape index (κ2) is 8.02. The Morgan fingerprint density at radius 1 is 1.16 bits per heavy atom. The van der Waals surface area contributed by atoms with Gasteiger partial charge in [-0.2, -0.15) is 0 Å². The molecule has 3 aliphatic rings. The summed E-state index contributed by atoms with van der Waals surface area (Å²) >= 11 is 0. The Kier molecular flexibility index (Phi) is 5.39. The van der Waals surface area contributed by atoms with Gasteiger partial charge in [-0.15, -0.1) is 13.2 Å². The summed E-state index contributed by atoms with van der Waals surface area (Å²) in [6, 6.07) is 6.67. The van der Waals surface area contributed by atoms with Crippen LogP contribution in [0.5, 0.6) is 0 Å². The molecule has 1 aromatic rings. The summed E-state index contributed by atoms with van der Waals surface area (Å²) in [5.41, 5.74) is -0.742. The van der Waals surface area contributed by atoms with Gasteiger partial charge in [0.15, 0.2) is 6.61 Å². The Labute approximate surface area is 180 Å². The highest BCUT2D eigenvalue weighted by Gasteiger charge is 2.64. The first-order chi connectivity index (χ1) is 15.0. The molecule has 1 saturated heterocycles. The van der Waals surface area contributed by atoms with Crippen molar-refractivity contribution in [3.05, 3.63) is 55.1 Å². The average molecular weight is 423 g/mol. The van der Waals surface area contributed by atoms with Crippen molar-refractivity contribution in [2.45, 2.75) is 37.4 Å². The normalized spacial score (nSPS) is 21.9. The molecular formula is C23H25N3O5. The number of carbonyl (C=O) groups excluding carboxylic acids is 4. The molecule has 1 atom stereocenters. The molecule has 0 aromatic heterocycles. The largest absolute Gasteiger partial charge is 0.452 e. The maximum atomic E-state index is 13.5. The second-order valence-electron chi connectivity index (χ2n) is 7.92. The Hall–Kier alpha value is -3.42. The molecule has 0 radical (unpaired) electrons. The van der Waals surface area contributed by atoms with Gasteiger partial charge in [0, 0.05) is 32.0 Å². The van der Waals surface area contributed by atoms with E-state index in [1.807, 2.05) is 0 Å². The van der Waals surface area contributed by atoms with Crippen molar-refractivity contribution in [1.82, 2.24) is 9.80 Å². The van der Waals surface area contributed by atoms with Crippen LogP contribution in [0.15, 0.2) is 49.6 Å². The Morgan fingerprint density at radius 3 is 2.48 bits per heavy atom. The molecule has 4 rings (SSSR count). The van der Waals surface area contributed by atoms with E-state index in [1.54, 1.807) is 36.4 Å². The van der Waals surface area contributed by atoms with E-state index in [1.165, 1.54) is 14.7 Å². The van der Waals surface area contributed by atoms with Crippen LogP contribution in [0.1, 0.15) is 36.0 Å². The van der Waals surface area contributed by atoms with Gasteiger partial charge < -0.3 is 14.5 Å². The van der Waals surface area contributed by atoms with Crippen molar-refractivity contribution in [3.8, 4) is 0 Å². The van der Waals surface area contributed by atoms with Gasteiger partial charge in [-0.3, -0.25) is 19.3 Å². The lowest BCUT2D eigenvalue weighted by molar-refractivity contribution is -0.162. The van der Waals surface area contributed by atoms with Gasteiger partial charge >= 0.3 is 5.97 Å². The highest BCUT2D eigenvalue weighted by atomic mass is 16.5. The molecule has 0 unspecified atom stereocenters. The number of esters is 1. The van der Waals surface area contributed by atoms with Gasteiger partial charge in [0.1, 0.15) is 0 Å². The highest BCUT2D eigenvalue weighted by molar-refractivity contribution is 6.15. The number of anilines is 1. The molecule has 0 N–H and O–H groups in total. The Bertz CT molecular complexity index is 960. The molecule has 1 aromatic carbocycles. The lowest BCUT2D eigenvalue weighted by Gasteiger charge is -2.48. The quantitative estimate of drug-likeness (QED) is 0.471. The zero-order valence-corrected chi connectivity index (χ0v) is 17.3. The first-order valence-electron chi connectivity index (χ1n) is 10.4. The molecule has 1 aliphatic carbocycles. The number of nitrogens with zero attached hydrogens (tertiary/aromatic N) is 3. The molecule has 8 heteroatoms. The number of amides is 3. The van der Waals surface area contributed by atoms with Gasteiger partial charge in [0.05, 0.1) is 11.3 Å². The van der Waals surface area contributed by atoms with Crippen LogP contribution in [-0.4, -0.2) is 64.9 Å². The summed E-state index contributed by atoms with van der Waals surface area (Å²) in [6.45, 7) is 7.34.